The Hall–Kier alpha value is -3.22. The van der Waals surface area contributed by atoms with Crippen LogP contribution in [0, 0.1) is 10.1 Å². The number of anilines is 1. The van der Waals surface area contributed by atoms with E-state index >= 15 is 0 Å². The van der Waals surface area contributed by atoms with Crippen molar-refractivity contribution in [2.75, 3.05) is 5.73 Å². The van der Waals surface area contributed by atoms with Crippen LogP contribution in [0.25, 0.3) is 0 Å². The van der Waals surface area contributed by atoms with Gasteiger partial charge in [0, 0.05) is 12.0 Å². The number of hydrogen-bond donors (Lipinski definition) is 2. The minimum absolute atomic E-state index is 0.00574. The van der Waals surface area contributed by atoms with Crippen LogP contribution in [0.1, 0.15) is 29.3 Å². The number of nitrogens with zero attached hydrogens (tertiary/aromatic N) is 1. The topological polar surface area (TPSA) is 124 Å². The van der Waals surface area contributed by atoms with Crippen molar-refractivity contribution in [1.29, 1.82) is 0 Å². The van der Waals surface area contributed by atoms with Crippen LogP contribution < -0.4 is 5.73 Å². The first-order valence-electron chi connectivity index (χ1n) is 6.72. The number of aliphatic carboxylic acids is 1. The molecule has 0 aromatic heterocycles. The molecule has 0 aliphatic rings. The Morgan fingerprint density at radius 2 is 1.70 bits per heavy atom. The highest BCUT2D eigenvalue weighted by atomic mass is 16.6. The molecule has 0 fully saturated rings. The van der Waals surface area contributed by atoms with E-state index in [1.807, 2.05) is 0 Å². The van der Waals surface area contributed by atoms with Gasteiger partial charge in [-0.15, -0.1) is 0 Å². The minimum atomic E-state index is -0.745. The third-order valence-corrected chi connectivity index (χ3v) is 2.83. The van der Waals surface area contributed by atoms with Crippen LogP contribution >= 0.6 is 0 Å². The van der Waals surface area contributed by atoms with E-state index in [0.717, 1.165) is 0 Å². The third-order valence-electron chi connectivity index (χ3n) is 2.83. The van der Waals surface area contributed by atoms with Gasteiger partial charge in [0.25, 0.3) is 0 Å². The largest absolute Gasteiger partial charge is 0.481 e. The number of carboxylic acid groups (broad SMARTS) is 1. The summed E-state index contributed by atoms with van der Waals surface area (Å²) >= 11 is 0. The maximum Gasteiger partial charge on any atom is 0.303 e. The van der Waals surface area contributed by atoms with Gasteiger partial charge in [0.2, 0.25) is 0 Å². The van der Waals surface area contributed by atoms with Crippen molar-refractivity contribution in [2.45, 2.75) is 13.3 Å². The molecule has 0 heterocycles. The highest BCUT2D eigenvalue weighted by molar-refractivity contribution is 6.12. The van der Waals surface area contributed by atoms with Gasteiger partial charge >= 0.3 is 11.7 Å². The molecule has 0 atom stereocenters. The van der Waals surface area contributed by atoms with Gasteiger partial charge in [-0.2, -0.15) is 0 Å². The molecule has 0 radical (unpaired) electrons. The second-order valence-electron chi connectivity index (χ2n) is 4.44. The van der Waals surface area contributed by atoms with Crippen LogP contribution in [0.2, 0.25) is 0 Å². The summed E-state index contributed by atoms with van der Waals surface area (Å²) < 4.78 is 0. The Labute approximate surface area is 132 Å². The van der Waals surface area contributed by atoms with E-state index in [9.17, 15) is 19.7 Å². The number of para-hydroxylation sites is 1. The summed E-state index contributed by atoms with van der Waals surface area (Å²) in [6.45, 7) is 1.60. The molecule has 3 N–H and O–H groups in total. The molecule has 7 heteroatoms. The number of ketones is 1. The second kappa shape index (κ2) is 8.28. The minimum Gasteiger partial charge on any atom is -0.481 e. The standard InChI is InChI=1S/C13H10N2O3.C3H6O2/c14-11-8-4-7-10(12(11)15(17)18)13(16)9-5-2-1-3-6-9;1-2-3(4)5/h1-8H,14H2;2H2,1H3,(H,4,5). The molecule has 2 rings (SSSR count). The number of hydrogen-bond acceptors (Lipinski definition) is 5. The van der Waals surface area contributed by atoms with Crippen molar-refractivity contribution in [3.05, 3.63) is 69.8 Å². The summed E-state index contributed by atoms with van der Waals surface area (Å²) in [5.74, 6) is -1.15. The lowest BCUT2D eigenvalue weighted by Gasteiger charge is -2.04. The third kappa shape index (κ3) is 4.92. The number of nitro groups is 1. The van der Waals surface area contributed by atoms with Crippen LogP contribution in [-0.2, 0) is 4.79 Å². The SMILES string of the molecule is CCC(=O)O.Nc1cccc(C(=O)c2ccccc2)c1[N+](=O)[O-]. The summed E-state index contributed by atoms with van der Waals surface area (Å²) in [5, 5.41) is 18.7. The number of nitro benzene ring substituents is 1. The second-order valence-corrected chi connectivity index (χ2v) is 4.44. The van der Waals surface area contributed by atoms with Gasteiger partial charge in [0.15, 0.2) is 5.78 Å². The number of benzene rings is 2. The molecule has 0 saturated carbocycles. The fourth-order valence-corrected chi connectivity index (χ4v) is 1.69. The molecule has 0 spiro atoms. The van der Waals surface area contributed by atoms with Gasteiger partial charge in [-0.1, -0.05) is 43.3 Å². The Bertz CT molecular complexity index is 714. The smallest absolute Gasteiger partial charge is 0.303 e. The van der Waals surface area contributed by atoms with E-state index < -0.39 is 16.7 Å². The van der Waals surface area contributed by atoms with Gasteiger partial charge in [-0.25, -0.2) is 0 Å². The summed E-state index contributed by atoms with van der Waals surface area (Å²) in [4.78, 5) is 31.9. The van der Waals surface area contributed by atoms with Gasteiger partial charge in [-0.05, 0) is 12.1 Å². The van der Waals surface area contributed by atoms with E-state index in [2.05, 4.69) is 0 Å². The number of nitrogens with two attached hydrogens (primary N) is 1. The van der Waals surface area contributed by atoms with Crippen LogP contribution in [0.15, 0.2) is 48.5 Å². The first-order valence-corrected chi connectivity index (χ1v) is 6.72. The molecular weight excluding hydrogens is 300 g/mol. The highest BCUT2D eigenvalue weighted by Gasteiger charge is 2.23. The summed E-state index contributed by atoms with van der Waals surface area (Å²) in [5.41, 5.74) is 5.59. The van der Waals surface area contributed by atoms with E-state index in [1.165, 1.54) is 18.2 Å². The van der Waals surface area contributed by atoms with Crippen molar-refractivity contribution < 1.29 is 19.6 Å². The van der Waals surface area contributed by atoms with Gasteiger partial charge in [-0.3, -0.25) is 19.7 Å². The molecule has 0 bridgehead atoms. The van der Waals surface area contributed by atoms with Crippen molar-refractivity contribution >= 4 is 23.1 Å². The Kier molecular flexibility index (Phi) is 6.42. The first kappa shape index (κ1) is 17.8. The molecule has 0 aliphatic heterocycles. The molecule has 120 valence electrons. The molecule has 0 aliphatic carbocycles. The van der Waals surface area contributed by atoms with Gasteiger partial charge < -0.3 is 10.8 Å². The monoisotopic (exact) mass is 316 g/mol. The van der Waals surface area contributed by atoms with Crippen molar-refractivity contribution in [1.82, 2.24) is 0 Å². The van der Waals surface area contributed by atoms with Crippen LogP contribution in [-0.4, -0.2) is 21.8 Å². The molecule has 23 heavy (non-hydrogen) atoms. The molecule has 7 nitrogen and oxygen atoms in total. The Morgan fingerprint density at radius 3 is 2.17 bits per heavy atom. The Morgan fingerprint density at radius 1 is 1.13 bits per heavy atom. The van der Waals surface area contributed by atoms with E-state index in [1.54, 1.807) is 37.3 Å². The number of carboxylic acids is 1. The fourth-order valence-electron chi connectivity index (χ4n) is 1.69. The number of rotatable bonds is 4. The van der Waals surface area contributed by atoms with Crippen molar-refractivity contribution in [2.24, 2.45) is 0 Å². The maximum atomic E-state index is 12.2. The Balaban J connectivity index is 0.000000463. The summed E-state index contributed by atoms with van der Waals surface area (Å²) in [7, 11) is 0. The van der Waals surface area contributed by atoms with Crippen molar-refractivity contribution in [3.63, 3.8) is 0 Å². The molecule has 2 aromatic carbocycles. The molecular formula is C16H16N2O5. The first-order chi connectivity index (χ1) is 10.9. The van der Waals surface area contributed by atoms with E-state index in [-0.39, 0.29) is 23.4 Å². The fraction of sp³-hybridized carbons (Fsp3) is 0.125. The predicted molar refractivity (Wildman–Crippen MR) is 85.3 cm³/mol. The number of carbonyl (C=O) groups excluding carboxylic acids is 1. The molecule has 0 saturated heterocycles. The zero-order chi connectivity index (χ0) is 17.4. The van der Waals surface area contributed by atoms with E-state index in [0.29, 0.717) is 5.56 Å². The van der Waals surface area contributed by atoms with Gasteiger partial charge in [0.1, 0.15) is 11.3 Å². The summed E-state index contributed by atoms with van der Waals surface area (Å²) in [6, 6.07) is 12.7. The van der Waals surface area contributed by atoms with Crippen LogP contribution in [0.5, 0.6) is 0 Å². The van der Waals surface area contributed by atoms with Crippen LogP contribution in [0.3, 0.4) is 0 Å². The van der Waals surface area contributed by atoms with Crippen molar-refractivity contribution in [3.8, 4) is 0 Å². The number of carbonyl (C=O) groups is 2. The zero-order valence-corrected chi connectivity index (χ0v) is 12.4. The lowest BCUT2D eigenvalue weighted by atomic mass is 10.0. The maximum absolute atomic E-state index is 12.2. The van der Waals surface area contributed by atoms with E-state index in [4.69, 9.17) is 10.8 Å². The summed E-state index contributed by atoms with van der Waals surface area (Å²) in [6.07, 6.45) is 0.222. The predicted octanol–water partition coefficient (Wildman–Crippen LogP) is 2.89. The molecule has 2 aromatic rings. The number of nitrogen functional groups attached to an aromatic ring is 1. The molecule has 0 amide bonds. The molecule has 0 unspecified atom stereocenters. The van der Waals surface area contributed by atoms with Crippen LogP contribution in [0.4, 0.5) is 11.4 Å². The zero-order valence-electron chi connectivity index (χ0n) is 12.4. The highest BCUT2D eigenvalue weighted by Crippen LogP contribution is 2.27. The lowest BCUT2D eigenvalue weighted by molar-refractivity contribution is -0.384. The van der Waals surface area contributed by atoms with Gasteiger partial charge in [0.05, 0.1) is 4.92 Å². The lowest BCUT2D eigenvalue weighted by Crippen LogP contribution is -2.07. The average molecular weight is 316 g/mol. The average Bonchev–Trinajstić information content (AvgIpc) is 2.55. The normalized spacial score (nSPS) is 9.43. The quantitative estimate of drug-likeness (QED) is 0.387.